The molecule has 0 saturated carbocycles. The highest BCUT2D eigenvalue weighted by atomic mass is 16.4. The normalized spacial score (nSPS) is 14.2. The van der Waals surface area contributed by atoms with Crippen LogP contribution in [0, 0.1) is 10.8 Å². The summed E-state index contributed by atoms with van der Waals surface area (Å²) >= 11 is 0. The predicted octanol–water partition coefficient (Wildman–Crippen LogP) is 3.90. The molecule has 0 radical (unpaired) electrons. The smallest absolute Gasteiger partial charge is 0.229 e. The van der Waals surface area contributed by atoms with Crippen LogP contribution in [0.5, 0.6) is 11.5 Å². The van der Waals surface area contributed by atoms with E-state index in [9.17, 15) is 30.0 Å². The second kappa shape index (κ2) is 11.7. The zero-order chi connectivity index (χ0) is 25.5. The molecule has 8 nitrogen and oxygen atoms in total. The van der Waals surface area contributed by atoms with Gasteiger partial charge in [-0.2, -0.15) is 0 Å². The van der Waals surface area contributed by atoms with Crippen molar-refractivity contribution in [2.75, 3.05) is 0 Å². The molecule has 0 aliphatic carbocycles. The van der Waals surface area contributed by atoms with E-state index in [-0.39, 0.29) is 10.8 Å². The topological polar surface area (TPSA) is 141 Å². The van der Waals surface area contributed by atoms with E-state index in [0.717, 1.165) is 12.5 Å². The largest absolute Gasteiger partial charge is 0.502 e. The number of aromatic hydroxyl groups is 2. The van der Waals surface area contributed by atoms with Gasteiger partial charge in [0.2, 0.25) is 10.9 Å². The molecular formula is C26H38O8. The maximum absolute atomic E-state index is 12.0. The van der Waals surface area contributed by atoms with Gasteiger partial charge in [0.1, 0.15) is 18.3 Å². The average molecular weight is 479 g/mol. The second-order valence-electron chi connectivity index (χ2n) is 10.9. The Morgan fingerprint density at radius 1 is 0.794 bits per heavy atom. The Balaban J connectivity index is 1.73. The van der Waals surface area contributed by atoms with E-state index in [1.165, 1.54) is 12.3 Å². The molecule has 2 rings (SSSR count). The summed E-state index contributed by atoms with van der Waals surface area (Å²) in [4.78, 5) is 23.6. The zero-order valence-corrected chi connectivity index (χ0v) is 20.5. The van der Waals surface area contributed by atoms with Crippen molar-refractivity contribution in [2.24, 2.45) is 10.8 Å². The number of hydrogen-bond acceptors (Lipinski definition) is 8. The Labute approximate surface area is 199 Å². The molecule has 0 aromatic carbocycles. The molecule has 190 valence electrons. The lowest BCUT2D eigenvalue weighted by Crippen LogP contribution is -2.23. The van der Waals surface area contributed by atoms with Crippen molar-refractivity contribution in [3.8, 4) is 11.5 Å². The number of hydrogen-bond donors (Lipinski definition) is 4. The van der Waals surface area contributed by atoms with E-state index >= 15 is 0 Å². The number of aliphatic hydroxyl groups is 2. The quantitative estimate of drug-likeness (QED) is 0.340. The van der Waals surface area contributed by atoms with Crippen LogP contribution in [0.1, 0.15) is 77.5 Å². The Kier molecular flexibility index (Phi) is 9.53. The molecule has 0 aliphatic heterocycles. The highest BCUT2D eigenvalue weighted by Gasteiger charge is 2.24. The van der Waals surface area contributed by atoms with Crippen LogP contribution in [0.4, 0.5) is 0 Å². The average Bonchev–Trinajstić information content (AvgIpc) is 2.75. The van der Waals surface area contributed by atoms with Gasteiger partial charge < -0.3 is 29.3 Å². The van der Waals surface area contributed by atoms with Gasteiger partial charge in [0.15, 0.2) is 11.5 Å². The predicted molar refractivity (Wildman–Crippen MR) is 128 cm³/mol. The summed E-state index contributed by atoms with van der Waals surface area (Å²) in [5, 5.41) is 39.6. The van der Waals surface area contributed by atoms with Crippen LogP contribution >= 0.6 is 0 Å². The first-order valence-electron chi connectivity index (χ1n) is 11.7. The monoisotopic (exact) mass is 478 g/mol. The third-order valence-electron chi connectivity index (χ3n) is 6.24. The van der Waals surface area contributed by atoms with Crippen LogP contribution in [-0.4, -0.2) is 32.6 Å². The Hall–Kier alpha value is -2.58. The van der Waals surface area contributed by atoms with E-state index in [4.69, 9.17) is 8.83 Å². The van der Waals surface area contributed by atoms with Crippen molar-refractivity contribution in [2.45, 2.75) is 91.3 Å². The van der Waals surface area contributed by atoms with Gasteiger partial charge >= 0.3 is 0 Å². The molecule has 2 aromatic rings. The molecule has 2 aromatic heterocycles. The lowest BCUT2D eigenvalue weighted by Gasteiger charge is -2.27. The Bertz CT molecular complexity index is 1030. The van der Waals surface area contributed by atoms with Crippen LogP contribution in [0.3, 0.4) is 0 Å². The fraction of sp³-hybridized carbons (Fsp3) is 0.615. The van der Waals surface area contributed by atoms with E-state index in [2.05, 4.69) is 0 Å². The van der Waals surface area contributed by atoms with Crippen molar-refractivity contribution in [3.63, 3.8) is 0 Å². The van der Waals surface area contributed by atoms with Crippen molar-refractivity contribution < 1.29 is 29.3 Å². The highest BCUT2D eigenvalue weighted by Crippen LogP contribution is 2.30. The maximum atomic E-state index is 12.0. The SMILES string of the molecule is CC(C)(CCC(O)CCC(O)CCC(C)(C)Cc1cocc(O)c1=O)Cc1cc(=O)c(O)co1. The first kappa shape index (κ1) is 27.7. The summed E-state index contributed by atoms with van der Waals surface area (Å²) in [6.07, 6.45) is 6.65. The summed E-state index contributed by atoms with van der Waals surface area (Å²) in [5.74, 6) is -0.328. The third kappa shape index (κ3) is 8.99. The van der Waals surface area contributed by atoms with Gasteiger partial charge in [-0.15, -0.1) is 0 Å². The van der Waals surface area contributed by atoms with Crippen LogP contribution in [0.25, 0.3) is 0 Å². The summed E-state index contributed by atoms with van der Waals surface area (Å²) in [6.45, 7) is 8.04. The van der Waals surface area contributed by atoms with Gasteiger partial charge in [-0.05, 0) is 55.8 Å². The van der Waals surface area contributed by atoms with Crippen molar-refractivity contribution in [1.29, 1.82) is 0 Å². The molecule has 0 bridgehead atoms. The van der Waals surface area contributed by atoms with Crippen LogP contribution in [-0.2, 0) is 12.8 Å². The molecule has 0 aliphatic rings. The fourth-order valence-corrected chi connectivity index (χ4v) is 4.06. The van der Waals surface area contributed by atoms with E-state index < -0.39 is 34.6 Å². The molecule has 2 heterocycles. The lowest BCUT2D eigenvalue weighted by atomic mass is 9.80. The minimum absolute atomic E-state index is 0.213. The lowest BCUT2D eigenvalue weighted by molar-refractivity contribution is 0.0875. The molecule has 0 amide bonds. The maximum Gasteiger partial charge on any atom is 0.229 e. The Morgan fingerprint density at radius 2 is 1.35 bits per heavy atom. The molecule has 0 saturated heterocycles. The van der Waals surface area contributed by atoms with Crippen LogP contribution < -0.4 is 10.9 Å². The number of rotatable bonds is 13. The third-order valence-corrected chi connectivity index (χ3v) is 6.24. The summed E-state index contributed by atoms with van der Waals surface area (Å²) < 4.78 is 10.3. The minimum atomic E-state index is -0.561. The first-order chi connectivity index (χ1) is 15.8. The van der Waals surface area contributed by atoms with E-state index in [1.54, 1.807) is 0 Å². The second-order valence-corrected chi connectivity index (χ2v) is 10.9. The molecule has 4 N–H and O–H groups in total. The molecule has 2 atom stereocenters. The molecule has 0 spiro atoms. The van der Waals surface area contributed by atoms with E-state index in [1.807, 2.05) is 27.7 Å². The molecule has 8 heteroatoms. The van der Waals surface area contributed by atoms with Gasteiger partial charge in [0.05, 0.1) is 18.5 Å². The summed E-state index contributed by atoms with van der Waals surface area (Å²) in [7, 11) is 0. The van der Waals surface area contributed by atoms with Gasteiger partial charge in [0.25, 0.3) is 0 Å². The van der Waals surface area contributed by atoms with Gasteiger partial charge in [-0.25, -0.2) is 0 Å². The first-order valence-corrected chi connectivity index (χ1v) is 11.7. The summed E-state index contributed by atoms with van der Waals surface area (Å²) in [5.41, 5.74) is -0.980. The highest BCUT2D eigenvalue weighted by molar-refractivity contribution is 5.21. The standard InChI is InChI=1S/C26H38O8/c1-25(2,12-17-14-33-15-23(31)24(17)32)9-7-18(27)5-6-19(28)8-10-26(3,4)13-20-11-21(29)22(30)16-34-20/h11,14-16,18-19,27-28,30-31H,5-10,12-13H2,1-4H3. The molecule has 2 unspecified atom stereocenters. The Morgan fingerprint density at radius 3 is 1.91 bits per heavy atom. The van der Waals surface area contributed by atoms with Crippen molar-refractivity contribution in [3.05, 3.63) is 56.6 Å². The van der Waals surface area contributed by atoms with Crippen LogP contribution in [0.2, 0.25) is 0 Å². The van der Waals surface area contributed by atoms with Gasteiger partial charge in [0, 0.05) is 18.1 Å². The van der Waals surface area contributed by atoms with E-state index in [0.29, 0.717) is 62.7 Å². The molecule has 0 fully saturated rings. The zero-order valence-electron chi connectivity index (χ0n) is 20.5. The van der Waals surface area contributed by atoms with Gasteiger partial charge in [-0.3, -0.25) is 9.59 Å². The van der Waals surface area contributed by atoms with Crippen molar-refractivity contribution >= 4 is 0 Å². The fourth-order valence-electron chi connectivity index (χ4n) is 4.06. The summed E-state index contributed by atoms with van der Waals surface area (Å²) in [6, 6.07) is 1.29. The minimum Gasteiger partial charge on any atom is -0.502 e. The van der Waals surface area contributed by atoms with Crippen LogP contribution in [0.15, 0.2) is 43.3 Å². The van der Waals surface area contributed by atoms with Gasteiger partial charge in [-0.1, -0.05) is 27.7 Å². The molecule has 34 heavy (non-hydrogen) atoms. The van der Waals surface area contributed by atoms with Crippen molar-refractivity contribution in [1.82, 2.24) is 0 Å². The molecular weight excluding hydrogens is 440 g/mol. The number of aliphatic hydroxyl groups excluding tert-OH is 2.